The van der Waals surface area contributed by atoms with Gasteiger partial charge in [0.05, 0.1) is 5.92 Å². The van der Waals surface area contributed by atoms with Crippen LogP contribution in [0.2, 0.25) is 0 Å². The molecule has 0 spiro atoms. The number of rotatable bonds is 4. The number of nitrogens with zero attached hydrogens (tertiary/aromatic N) is 2. The lowest BCUT2D eigenvalue weighted by molar-refractivity contribution is -0.150. The van der Waals surface area contributed by atoms with Crippen LogP contribution in [0, 0.1) is 5.92 Å². The summed E-state index contributed by atoms with van der Waals surface area (Å²) in [6.45, 7) is 0.120. The molecule has 5 nitrogen and oxygen atoms in total. The van der Waals surface area contributed by atoms with E-state index in [-0.39, 0.29) is 18.5 Å². The van der Waals surface area contributed by atoms with Gasteiger partial charge in [0.1, 0.15) is 0 Å². The number of carbonyl (C=O) groups is 1. The first-order valence-electron chi connectivity index (χ1n) is 7.32. The number of hydrogen-bond acceptors (Lipinski definition) is 5. The Morgan fingerprint density at radius 3 is 2.58 bits per heavy atom. The van der Waals surface area contributed by atoms with Crippen LogP contribution < -0.4 is 0 Å². The second-order valence-electron chi connectivity index (χ2n) is 5.62. The van der Waals surface area contributed by atoms with Crippen molar-refractivity contribution in [2.45, 2.75) is 63.9 Å². The van der Waals surface area contributed by atoms with E-state index in [9.17, 15) is 4.79 Å². The third kappa shape index (κ3) is 2.96. The molecular formula is C14H20N2O3. The van der Waals surface area contributed by atoms with Crippen LogP contribution in [-0.4, -0.2) is 16.1 Å². The second-order valence-corrected chi connectivity index (χ2v) is 5.62. The molecule has 2 fully saturated rings. The smallest absolute Gasteiger partial charge is 0.309 e. The normalized spacial score (nSPS) is 21.1. The Labute approximate surface area is 112 Å². The predicted molar refractivity (Wildman–Crippen MR) is 67.3 cm³/mol. The van der Waals surface area contributed by atoms with E-state index >= 15 is 0 Å². The Morgan fingerprint density at radius 2 is 1.84 bits per heavy atom. The highest BCUT2D eigenvalue weighted by atomic mass is 16.6. The number of esters is 1. The highest BCUT2D eigenvalue weighted by Crippen LogP contribution is 2.32. The lowest BCUT2D eigenvalue weighted by Gasteiger charge is -2.07. The molecule has 0 atom stereocenters. The molecule has 104 valence electrons. The Balaban J connectivity index is 1.51. The quantitative estimate of drug-likeness (QED) is 0.782. The Morgan fingerprint density at radius 1 is 1.16 bits per heavy atom. The van der Waals surface area contributed by atoms with Gasteiger partial charge in [0, 0.05) is 5.92 Å². The van der Waals surface area contributed by atoms with Gasteiger partial charge in [-0.15, -0.1) is 0 Å². The molecule has 0 N–H and O–H groups in total. The number of ether oxygens (including phenoxy) is 1. The molecule has 1 aromatic rings. The summed E-state index contributed by atoms with van der Waals surface area (Å²) in [5, 5.41) is 4.00. The van der Waals surface area contributed by atoms with Crippen LogP contribution in [0.3, 0.4) is 0 Å². The Kier molecular flexibility index (Phi) is 3.80. The van der Waals surface area contributed by atoms with Gasteiger partial charge in [0.25, 0.3) is 5.89 Å². The topological polar surface area (TPSA) is 65.2 Å². The zero-order valence-electron chi connectivity index (χ0n) is 11.1. The summed E-state index contributed by atoms with van der Waals surface area (Å²) in [6.07, 6.45) is 8.93. The minimum Gasteiger partial charge on any atom is -0.455 e. The lowest BCUT2D eigenvalue weighted by atomic mass is 10.1. The first kappa shape index (κ1) is 12.6. The summed E-state index contributed by atoms with van der Waals surface area (Å²) < 4.78 is 10.4. The van der Waals surface area contributed by atoms with Crippen LogP contribution in [0.4, 0.5) is 0 Å². The van der Waals surface area contributed by atoms with E-state index in [1.54, 1.807) is 0 Å². The van der Waals surface area contributed by atoms with Gasteiger partial charge in [-0.3, -0.25) is 4.79 Å². The van der Waals surface area contributed by atoms with Crippen molar-refractivity contribution in [2.24, 2.45) is 5.92 Å². The molecular weight excluding hydrogens is 244 g/mol. The van der Waals surface area contributed by atoms with Gasteiger partial charge in [0.15, 0.2) is 12.4 Å². The second kappa shape index (κ2) is 5.72. The van der Waals surface area contributed by atoms with Crippen molar-refractivity contribution in [3.8, 4) is 0 Å². The maximum atomic E-state index is 11.8. The van der Waals surface area contributed by atoms with E-state index in [2.05, 4.69) is 10.1 Å². The van der Waals surface area contributed by atoms with Gasteiger partial charge in [-0.25, -0.2) is 0 Å². The molecule has 0 saturated heterocycles. The van der Waals surface area contributed by atoms with Crippen molar-refractivity contribution in [2.75, 3.05) is 0 Å². The summed E-state index contributed by atoms with van der Waals surface area (Å²) in [5.74, 6) is 1.61. The summed E-state index contributed by atoms with van der Waals surface area (Å²) in [7, 11) is 0. The Bertz CT molecular complexity index is 432. The van der Waals surface area contributed by atoms with Crippen LogP contribution in [-0.2, 0) is 16.1 Å². The molecule has 5 heteroatoms. The van der Waals surface area contributed by atoms with Gasteiger partial charge in [-0.05, 0) is 25.7 Å². The van der Waals surface area contributed by atoms with E-state index in [4.69, 9.17) is 9.26 Å². The molecule has 1 heterocycles. The van der Waals surface area contributed by atoms with Crippen molar-refractivity contribution < 1.29 is 14.1 Å². The lowest BCUT2D eigenvalue weighted by Crippen LogP contribution is -2.14. The van der Waals surface area contributed by atoms with Crippen molar-refractivity contribution in [1.82, 2.24) is 10.1 Å². The fourth-order valence-corrected chi connectivity index (χ4v) is 3.09. The summed E-state index contributed by atoms with van der Waals surface area (Å²) in [5.41, 5.74) is 0. The molecule has 0 aromatic carbocycles. The van der Waals surface area contributed by atoms with Crippen LogP contribution >= 0.6 is 0 Å². The van der Waals surface area contributed by atoms with Crippen molar-refractivity contribution >= 4 is 5.97 Å². The Hall–Kier alpha value is -1.39. The maximum Gasteiger partial charge on any atom is 0.309 e. The monoisotopic (exact) mass is 264 g/mol. The highest BCUT2D eigenvalue weighted by molar-refractivity contribution is 5.72. The van der Waals surface area contributed by atoms with Crippen LogP contribution in [0.25, 0.3) is 0 Å². The average molecular weight is 264 g/mol. The van der Waals surface area contributed by atoms with Gasteiger partial charge >= 0.3 is 5.97 Å². The summed E-state index contributed by atoms with van der Waals surface area (Å²) in [6, 6.07) is 0. The minimum atomic E-state index is -0.113. The maximum absolute atomic E-state index is 11.8. The largest absolute Gasteiger partial charge is 0.455 e. The number of carbonyl (C=O) groups excluding carboxylic acids is 1. The van der Waals surface area contributed by atoms with E-state index in [0.29, 0.717) is 11.8 Å². The molecule has 2 saturated carbocycles. The molecule has 0 aliphatic heterocycles. The van der Waals surface area contributed by atoms with E-state index in [1.807, 2.05) is 0 Å². The number of hydrogen-bond donors (Lipinski definition) is 0. The van der Waals surface area contributed by atoms with Crippen molar-refractivity contribution in [1.29, 1.82) is 0 Å². The number of aromatic nitrogens is 2. The van der Waals surface area contributed by atoms with E-state index < -0.39 is 0 Å². The summed E-state index contributed by atoms with van der Waals surface area (Å²) >= 11 is 0. The molecule has 19 heavy (non-hydrogen) atoms. The fraction of sp³-hybridized carbons (Fsp3) is 0.786. The summed E-state index contributed by atoms with van der Waals surface area (Å²) in [4.78, 5) is 16.1. The van der Waals surface area contributed by atoms with E-state index in [0.717, 1.165) is 44.3 Å². The molecule has 0 unspecified atom stereocenters. The van der Waals surface area contributed by atoms with Crippen molar-refractivity contribution in [3.63, 3.8) is 0 Å². The molecule has 3 rings (SSSR count). The SMILES string of the molecule is O=C(OCc1nc(C2CCCC2)no1)C1CCCC1. The zero-order valence-corrected chi connectivity index (χ0v) is 11.1. The third-order valence-corrected chi connectivity index (χ3v) is 4.23. The molecule has 0 bridgehead atoms. The standard InChI is InChI=1S/C14H20N2O3/c17-14(11-7-3-4-8-11)18-9-12-15-13(16-19-12)10-5-1-2-6-10/h10-11H,1-9H2. The van der Waals surface area contributed by atoms with Crippen LogP contribution in [0.1, 0.15) is 69.0 Å². The molecule has 0 amide bonds. The van der Waals surface area contributed by atoms with Crippen LogP contribution in [0.5, 0.6) is 0 Å². The first-order chi connectivity index (χ1) is 9.33. The first-order valence-corrected chi connectivity index (χ1v) is 7.32. The van der Waals surface area contributed by atoms with Gasteiger partial charge in [-0.1, -0.05) is 30.8 Å². The molecule has 0 radical (unpaired) electrons. The molecule has 1 aromatic heterocycles. The van der Waals surface area contributed by atoms with Gasteiger partial charge in [0.2, 0.25) is 0 Å². The minimum absolute atomic E-state index is 0.0808. The third-order valence-electron chi connectivity index (χ3n) is 4.23. The fourth-order valence-electron chi connectivity index (χ4n) is 3.09. The average Bonchev–Trinajstić information content (AvgIpc) is 3.14. The zero-order chi connectivity index (χ0) is 13.1. The van der Waals surface area contributed by atoms with Gasteiger partial charge < -0.3 is 9.26 Å². The highest BCUT2D eigenvalue weighted by Gasteiger charge is 2.25. The molecule has 2 aliphatic carbocycles. The van der Waals surface area contributed by atoms with E-state index in [1.165, 1.54) is 12.8 Å². The van der Waals surface area contributed by atoms with Crippen molar-refractivity contribution in [3.05, 3.63) is 11.7 Å². The van der Waals surface area contributed by atoms with Crippen LogP contribution in [0.15, 0.2) is 4.52 Å². The molecule has 2 aliphatic rings. The van der Waals surface area contributed by atoms with Gasteiger partial charge in [-0.2, -0.15) is 4.98 Å². The predicted octanol–water partition coefficient (Wildman–Crippen LogP) is 2.96.